The van der Waals surface area contributed by atoms with Gasteiger partial charge >= 0.3 is 379 Å². The summed E-state index contributed by atoms with van der Waals surface area (Å²) in [6, 6.07) is 83.7. The summed E-state index contributed by atoms with van der Waals surface area (Å²) in [6.07, 6.45) is 0. The number of benzene rings is 9. The third-order valence-corrected chi connectivity index (χ3v) is 22.7. The van der Waals surface area contributed by atoms with Crippen LogP contribution < -0.4 is 17.6 Å². The topological polar surface area (TPSA) is 43.6 Å². The van der Waals surface area contributed by atoms with Crippen LogP contribution in [0.15, 0.2) is 231 Å². The van der Waals surface area contributed by atoms with Crippen LogP contribution in [0.5, 0.6) is 0 Å². The monoisotopic (exact) mass is 882 g/mol. The predicted molar refractivity (Wildman–Crippen MR) is 269 cm³/mol. The fourth-order valence-electron chi connectivity index (χ4n) is 9.61. The van der Waals surface area contributed by atoms with Gasteiger partial charge in [-0.15, -0.1) is 0 Å². The van der Waals surface area contributed by atoms with Crippen molar-refractivity contribution in [2.24, 2.45) is 0 Å². The summed E-state index contributed by atoms with van der Waals surface area (Å²) in [6.45, 7) is 4.34. The normalized spacial score (nSPS) is 11.6. The van der Waals surface area contributed by atoms with Gasteiger partial charge in [-0.2, -0.15) is 0 Å². The van der Waals surface area contributed by atoms with Crippen molar-refractivity contribution in [1.82, 2.24) is 19.5 Å². The average Bonchev–Trinajstić information content (AvgIpc) is 3.67. The molecule has 0 amide bonds. The van der Waals surface area contributed by atoms with E-state index >= 15 is 0 Å². The van der Waals surface area contributed by atoms with E-state index in [-0.39, 0.29) is 0 Å². The van der Waals surface area contributed by atoms with E-state index in [1.165, 1.54) is 45.0 Å². The number of fused-ring (bicyclic) bond motifs is 3. The summed E-state index contributed by atoms with van der Waals surface area (Å²) in [5.41, 5.74) is 10.8. The van der Waals surface area contributed by atoms with Gasteiger partial charge in [-0.1, -0.05) is 0 Å². The number of rotatable bonds is 9. The minimum atomic E-state index is -3.72. The molecule has 0 atom stereocenters. The van der Waals surface area contributed by atoms with Crippen LogP contribution in [0.3, 0.4) is 0 Å². The molecule has 0 saturated carbocycles. The summed E-state index contributed by atoms with van der Waals surface area (Å²) in [7, 11) is 0. The van der Waals surface area contributed by atoms with Gasteiger partial charge < -0.3 is 0 Å². The van der Waals surface area contributed by atoms with E-state index in [9.17, 15) is 0 Å². The molecule has 0 N–H and O–H groups in total. The van der Waals surface area contributed by atoms with E-state index in [1.807, 2.05) is 36.4 Å². The van der Waals surface area contributed by atoms with Gasteiger partial charge in [-0.25, -0.2) is 0 Å². The van der Waals surface area contributed by atoms with Gasteiger partial charge in [-0.3, -0.25) is 0 Å². The Bertz CT molecular complexity index is 3230. The van der Waals surface area contributed by atoms with Gasteiger partial charge in [0.2, 0.25) is 0 Å². The van der Waals surface area contributed by atoms with Crippen molar-refractivity contribution in [2.45, 2.75) is 13.8 Å². The maximum atomic E-state index is 5.38. The molecule has 64 heavy (non-hydrogen) atoms. The molecule has 11 aromatic rings. The Morgan fingerprint density at radius 3 is 1.25 bits per heavy atom. The molecule has 0 fully saturated rings. The van der Waals surface area contributed by atoms with Crippen molar-refractivity contribution >= 4 is 52.7 Å². The van der Waals surface area contributed by atoms with Gasteiger partial charge in [-0.05, 0) is 0 Å². The number of hydrogen-bond donors (Lipinski definition) is 0. The van der Waals surface area contributed by atoms with E-state index < -0.39 is 13.3 Å². The van der Waals surface area contributed by atoms with E-state index in [1.54, 1.807) is 0 Å². The molecule has 304 valence electrons. The van der Waals surface area contributed by atoms with Crippen LogP contribution in [-0.2, 0) is 0 Å². The van der Waals surface area contributed by atoms with Crippen LogP contribution in [0.1, 0.15) is 11.1 Å². The molecular weight excluding hydrogens is 837 g/mol. The second-order valence-electron chi connectivity index (χ2n) is 16.5. The quantitative estimate of drug-likeness (QED) is 0.136. The first-order valence-electron chi connectivity index (χ1n) is 21.9. The zero-order valence-corrected chi connectivity index (χ0v) is 37.8. The summed E-state index contributed by atoms with van der Waals surface area (Å²) < 4.78 is 7.88. The molecule has 0 aliphatic rings. The van der Waals surface area contributed by atoms with Crippen LogP contribution in [0, 0.1) is 13.8 Å². The zero-order valence-electron chi connectivity index (χ0n) is 35.7. The first-order chi connectivity index (χ1) is 31.6. The Morgan fingerprint density at radius 1 is 0.344 bits per heavy atom. The molecule has 2 aromatic heterocycles. The second kappa shape index (κ2) is 16.6. The van der Waals surface area contributed by atoms with Crippen LogP contribution in [0.25, 0.3) is 72.8 Å². The van der Waals surface area contributed by atoms with Crippen molar-refractivity contribution in [3.63, 3.8) is 0 Å². The summed E-state index contributed by atoms with van der Waals surface area (Å²) in [4.78, 5) is 15.9. The van der Waals surface area contributed by atoms with Crippen molar-refractivity contribution in [3.8, 4) is 51.0 Å². The molecule has 5 heteroatoms. The summed E-state index contributed by atoms with van der Waals surface area (Å²) >= 11 is -3.72. The molecule has 0 aliphatic heterocycles. The number of aromatic nitrogens is 4. The molecule has 0 unspecified atom stereocenters. The summed E-state index contributed by atoms with van der Waals surface area (Å²) in [5, 5.41) is 2.44. The molecule has 9 aromatic carbocycles. The molecule has 0 aliphatic carbocycles. The van der Waals surface area contributed by atoms with Crippen molar-refractivity contribution in [2.75, 3.05) is 0 Å². The molecular formula is C59H44GeN4. The van der Waals surface area contributed by atoms with Crippen LogP contribution in [0.2, 0.25) is 0 Å². The molecule has 0 bridgehead atoms. The number of hydrogen-bond acceptors (Lipinski definition) is 3. The summed E-state index contributed by atoms with van der Waals surface area (Å²) in [5.74, 6) is 1.86. The van der Waals surface area contributed by atoms with E-state index in [0.717, 1.165) is 39.0 Å². The molecule has 0 radical (unpaired) electrons. The third-order valence-electron chi connectivity index (χ3n) is 12.5. The Labute approximate surface area is 376 Å². The Kier molecular flexibility index (Phi) is 10.1. The van der Waals surface area contributed by atoms with Crippen molar-refractivity contribution in [1.29, 1.82) is 0 Å². The van der Waals surface area contributed by atoms with E-state index in [4.69, 9.17) is 15.0 Å². The number of aryl methyl sites for hydroxylation is 2. The Hall–Kier alpha value is -7.67. The van der Waals surface area contributed by atoms with Crippen molar-refractivity contribution < 1.29 is 0 Å². The standard InChI is InChI=1S/C59H44GeN4/c1-41-32-35-54-50(38-41)51-39-42(2)33-36-55(51)64(54)56-37-34-45(40-52(56)59-62-57(43-20-8-3-9-21-43)61-58(63-59)44-22-10-4-11-23-44)49-30-18-19-31-53(49)60(46-24-12-5-13-25-46,47-26-14-6-15-27-47)48-28-16-7-17-29-48/h3-40H,1-2H3. The maximum absolute atomic E-state index is 5.38. The molecule has 0 spiro atoms. The predicted octanol–water partition coefficient (Wildman–Crippen LogP) is 11.6. The van der Waals surface area contributed by atoms with Crippen LogP contribution in [-0.4, -0.2) is 32.8 Å². The average molecular weight is 882 g/mol. The number of nitrogens with zero attached hydrogens (tertiary/aromatic N) is 4. The van der Waals surface area contributed by atoms with E-state index in [2.05, 4.69) is 213 Å². The van der Waals surface area contributed by atoms with E-state index in [0.29, 0.717) is 17.5 Å². The van der Waals surface area contributed by atoms with Gasteiger partial charge in [0, 0.05) is 0 Å². The van der Waals surface area contributed by atoms with Gasteiger partial charge in [0.15, 0.2) is 0 Å². The van der Waals surface area contributed by atoms with Gasteiger partial charge in [0.25, 0.3) is 0 Å². The Balaban J connectivity index is 1.24. The zero-order chi connectivity index (χ0) is 43.0. The Morgan fingerprint density at radius 2 is 0.766 bits per heavy atom. The minimum absolute atomic E-state index is 0.609. The fraction of sp³-hybridized carbons (Fsp3) is 0.0339. The molecule has 2 heterocycles. The fourth-order valence-corrected chi connectivity index (χ4v) is 20.1. The van der Waals surface area contributed by atoms with Crippen molar-refractivity contribution in [3.05, 3.63) is 242 Å². The van der Waals surface area contributed by atoms with Gasteiger partial charge in [0.1, 0.15) is 0 Å². The third kappa shape index (κ3) is 6.84. The SMILES string of the molecule is Cc1ccc2c(c1)c1cc(C)ccc1n2-c1ccc(-c2cccc[c]2[Ge]([c]2ccccc2)([c]2ccccc2)[c]2ccccc2)cc1-c1nc(-c2ccccc2)nc(-c2ccccc2)n1. The first kappa shape index (κ1) is 39.2. The first-order valence-corrected chi connectivity index (χ1v) is 26.1. The second-order valence-corrected chi connectivity index (χ2v) is 24.5. The van der Waals surface area contributed by atoms with Crippen LogP contribution >= 0.6 is 0 Å². The molecule has 0 saturated heterocycles. The molecule has 4 nitrogen and oxygen atoms in total. The van der Waals surface area contributed by atoms with Crippen LogP contribution in [0.4, 0.5) is 0 Å². The molecule has 11 rings (SSSR count). The van der Waals surface area contributed by atoms with Gasteiger partial charge in [0.05, 0.1) is 0 Å².